The van der Waals surface area contributed by atoms with Gasteiger partial charge < -0.3 is 15.4 Å². The van der Waals surface area contributed by atoms with Crippen LogP contribution in [-0.4, -0.2) is 41.2 Å². The van der Waals surface area contributed by atoms with Gasteiger partial charge in [-0.15, -0.1) is 0 Å². The number of hydrogen-bond acceptors (Lipinski definition) is 5. The number of anilines is 1. The number of methoxy groups -OCH3 is 1. The van der Waals surface area contributed by atoms with Gasteiger partial charge in [-0.05, 0) is 55.5 Å². The van der Waals surface area contributed by atoms with Gasteiger partial charge in [0.05, 0.1) is 18.4 Å². The van der Waals surface area contributed by atoms with Gasteiger partial charge in [0, 0.05) is 23.0 Å². The molecule has 3 aromatic carbocycles. The number of esters is 1. The predicted molar refractivity (Wildman–Crippen MR) is 132 cm³/mol. The van der Waals surface area contributed by atoms with Crippen LogP contribution in [0.25, 0.3) is 16.9 Å². The van der Waals surface area contributed by atoms with Gasteiger partial charge in [0.15, 0.2) is 0 Å². The molecule has 0 unspecified atom stereocenters. The van der Waals surface area contributed by atoms with Gasteiger partial charge in [-0.2, -0.15) is 5.10 Å². The minimum atomic E-state index is -0.558. The third-order valence-corrected chi connectivity index (χ3v) is 5.40. The number of rotatable bonds is 7. The molecule has 1 aromatic heterocycles. The molecular formula is C27H23FN4O4. The van der Waals surface area contributed by atoms with Crippen LogP contribution in [0.15, 0.2) is 79.0 Å². The highest BCUT2D eigenvalue weighted by Gasteiger charge is 2.19. The average molecular weight is 487 g/mol. The molecule has 0 spiro atoms. The predicted octanol–water partition coefficient (Wildman–Crippen LogP) is 4.14. The van der Waals surface area contributed by atoms with Crippen molar-refractivity contribution in [1.82, 2.24) is 15.1 Å². The molecule has 0 atom stereocenters. The molecule has 182 valence electrons. The van der Waals surface area contributed by atoms with E-state index in [2.05, 4.69) is 20.5 Å². The molecule has 9 heteroatoms. The molecule has 8 nitrogen and oxygen atoms in total. The fraction of sp³-hybridized carbons (Fsp3) is 0.111. The first kappa shape index (κ1) is 24.3. The minimum Gasteiger partial charge on any atom is -0.468 e. The summed E-state index contributed by atoms with van der Waals surface area (Å²) in [5.74, 6) is -1.77. The number of aryl methyl sites for hydroxylation is 1. The Morgan fingerprint density at radius 1 is 0.917 bits per heavy atom. The number of aromatic nitrogens is 2. The lowest BCUT2D eigenvalue weighted by Crippen LogP contribution is -2.30. The number of nitrogens with one attached hydrogen (secondary N) is 2. The van der Waals surface area contributed by atoms with Crippen LogP contribution in [0.1, 0.15) is 26.3 Å². The number of carbonyl (C=O) groups is 3. The highest BCUT2D eigenvalue weighted by atomic mass is 19.1. The Hall–Kier alpha value is -4.79. The molecule has 0 aliphatic carbocycles. The molecule has 0 aliphatic heterocycles. The Kier molecular flexibility index (Phi) is 7.20. The second kappa shape index (κ2) is 10.6. The second-order valence-corrected chi connectivity index (χ2v) is 7.97. The highest BCUT2D eigenvalue weighted by Crippen LogP contribution is 2.25. The van der Waals surface area contributed by atoms with Crippen LogP contribution in [0.4, 0.5) is 10.1 Å². The zero-order chi connectivity index (χ0) is 25.7. The summed E-state index contributed by atoms with van der Waals surface area (Å²) in [5.41, 5.74) is 4.00. The summed E-state index contributed by atoms with van der Waals surface area (Å²) in [4.78, 5) is 36.6. The quantitative estimate of drug-likeness (QED) is 0.382. The number of ether oxygens (including phenoxy) is 1. The van der Waals surface area contributed by atoms with Crippen LogP contribution in [0.2, 0.25) is 0 Å². The Bertz CT molecular complexity index is 1400. The third kappa shape index (κ3) is 5.64. The third-order valence-electron chi connectivity index (χ3n) is 5.40. The zero-order valence-electron chi connectivity index (χ0n) is 19.6. The van der Waals surface area contributed by atoms with Gasteiger partial charge in [-0.3, -0.25) is 14.4 Å². The summed E-state index contributed by atoms with van der Waals surface area (Å²) >= 11 is 0. The van der Waals surface area contributed by atoms with Crippen molar-refractivity contribution in [3.8, 4) is 16.9 Å². The topological polar surface area (TPSA) is 102 Å². The van der Waals surface area contributed by atoms with Crippen molar-refractivity contribution in [3.63, 3.8) is 0 Å². The Balaban J connectivity index is 1.58. The molecule has 0 radical (unpaired) electrons. The van der Waals surface area contributed by atoms with Crippen molar-refractivity contribution in [2.45, 2.75) is 6.92 Å². The molecule has 4 rings (SSSR count). The van der Waals surface area contributed by atoms with E-state index in [1.165, 1.54) is 36.1 Å². The van der Waals surface area contributed by atoms with E-state index in [-0.39, 0.29) is 12.4 Å². The van der Waals surface area contributed by atoms with Crippen molar-refractivity contribution in [2.75, 3.05) is 19.0 Å². The first-order chi connectivity index (χ1) is 17.3. The van der Waals surface area contributed by atoms with Crippen LogP contribution in [0.3, 0.4) is 0 Å². The fourth-order valence-corrected chi connectivity index (χ4v) is 3.42. The minimum absolute atomic E-state index is 0.242. The van der Waals surface area contributed by atoms with E-state index in [9.17, 15) is 18.8 Å². The molecule has 0 saturated heterocycles. The summed E-state index contributed by atoms with van der Waals surface area (Å²) in [6.45, 7) is 1.72. The maximum atomic E-state index is 13.4. The number of nitrogens with zero attached hydrogens (tertiary/aromatic N) is 2. The van der Waals surface area contributed by atoms with Crippen LogP contribution in [0, 0.1) is 12.7 Å². The maximum absolute atomic E-state index is 13.4. The normalized spacial score (nSPS) is 10.5. The summed E-state index contributed by atoms with van der Waals surface area (Å²) in [7, 11) is 1.24. The number of hydrogen-bond donors (Lipinski definition) is 2. The molecule has 0 bridgehead atoms. The zero-order valence-corrected chi connectivity index (χ0v) is 19.6. The Morgan fingerprint density at radius 2 is 1.58 bits per heavy atom. The van der Waals surface area contributed by atoms with Crippen LogP contribution >= 0.6 is 0 Å². The molecule has 4 aromatic rings. The maximum Gasteiger partial charge on any atom is 0.325 e. The number of halogens is 1. The van der Waals surface area contributed by atoms with Crippen molar-refractivity contribution in [3.05, 3.63) is 102 Å². The van der Waals surface area contributed by atoms with Crippen molar-refractivity contribution < 1.29 is 23.5 Å². The van der Waals surface area contributed by atoms with E-state index in [0.29, 0.717) is 28.2 Å². The van der Waals surface area contributed by atoms with Crippen molar-refractivity contribution >= 4 is 23.5 Å². The van der Waals surface area contributed by atoms with Gasteiger partial charge >= 0.3 is 5.97 Å². The highest BCUT2D eigenvalue weighted by molar-refractivity contribution is 6.08. The van der Waals surface area contributed by atoms with Gasteiger partial charge in [-0.25, -0.2) is 9.07 Å². The molecule has 2 N–H and O–H groups in total. The first-order valence-electron chi connectivity index (χ1n) is 11.0. The summed E-state index contributed by atoms with van der Waals surface area (Å²) in [5, 5.41) is 9.87. The largest absolute Gasteiger partial charge is 0.468 e. The molecule has 1 heterocycles. The molecule has 0 aliphatic rings. The lowest BCUT2D eigenvalue weighted by Gasteiger charge is -2.08. The summed E-state index contributed by atoms with van der Waals surface area (Å²) in [6.07, 6.45) is 1.59. The molecule has 2 amide bonds. The summed E-state index contributed by atoms with van der Waals surface area (Å²) in [6, 6.07) is 19.7. The molecule has 0 saturated carbocycles. The monoisotopic (exact) mass is 486 g/mol. The van der Waals surface area contributed by atoms with E-state index in [1.54, 1.807) is 30.5 Å². The van der Waals surface area contributed by atoms with E-state index >= 15 is 0 Å². The van der Waals surface area contributed by atoms with E-state index < -0.39 is 17.8 Å². The second-order valence-electron chi connectivity index (χ2n) is 7.97. The number of amides is 2. The van der Waals surface area contributed by atoms with E-state index in [4.69, 9.17) is 0 Å². The van der Waals surface area contributed by atoms with Gasteiger partial charge in [0.1, 0.15) is 18.1 Å². The van der Waals surface area contributed by atoms with Gasteiger partial charge in [0.25, 0.3) is 11.8 Å². The molecular weight excluding hydrogens is 463 g/mol. The standard InChI is InChI=1S/C27H23FN4O4/c1-17-3-5-18(6-4-17)25-23(16-32(31-25)22-13-9-20(28)10-14-22)27(35)30-21-11-7-19(8-12-21)26(34)29-15-24(33)36-2/h3-14,16H,15H2,1-2H3,(H,29,34)(H,30,35). The Labute approximate surface area is 206 Å². The molecule has 0 fully saturated rings. The SMILES string of the molecule is COC(=O)CNC(=O)c1ccc(NC(=O)c2cn(-c3ccc(F)cc3)nc2-c2ccc(C)cc2)cc1. The van der Waals surface area contributed by atoms with Crippen LogP contribution in [-0.2, 0) is 9.53 Å². The number of carbonyl (C=O) groups excluding carboxylic acids is 3. The van der Waals surface area contributed by atoms with Crippen molar-refractivity contribution in [2.24, 2.45) is 0 Å². The lowest BCUT2D eigenvalue weighted by molar-refractivity contribution is -0.139. The summed E-state index contributed by atoms with van der Waals surface area (Å²) < 4.78 is 19.4. The number of benzene rings is 3. The van der Waals surface area contributed by atoms with E-state index in [1.807, 2.05) is 31.2 Å². The smallest absolute Gasteiger partial charge is 0.325 e. The average Bonchev–Trinajstić information content (AvgIpc) is 3.34. The van der Waals surface area contributed by atoms with Gasteiger partial charge in [-0.1, -0.05) is 29.8 Å². The van der Waals surface area contributed by atoms with Crippen molar-refractivity contribution in [1.29, 1.82) is 0 Å². The lowest BCUT2D eigenvalue weighted by atomic mass is 10.1. The van der Waals surface area contributed by atoms with Crippen LogP contribution in [0.5, 0.6) is 0 Å². The van der Waals surface area contributed by atoms with Crippen LogP contribution < -0.4 is 10.6 Å². The fourth-order valence-electron chi connectivity index (χ4n) is 3.42. The first-order valence-corrected chi connectivity index (χ1v) is 11.0. The van der Waals surface area contributed by atoms with E-state index in [0.717, 1.165) is 11.1 Å². The van der Waals surface area contributed by atoms with Gasteiger partial charge in [0.2, 0.25) is 0 Å². The molecule has 36 heavy (non-hydrogen) atoms. The Morgan fingerprint density at radius 3 is 2.22 bits per heavy atom.